The molecule has 29 heavy (non-hydrogen) atoms. The lowest BCUT2D eigenvalue weighted by atomic mass is 10.1. The van der Waals surface area contributed by atoms with Gasteiger partial charge in [-0.1, -0.05) is 43.3 Å². The van der Waals surface area contributed by atoms with Crippen LogP contribution in [0.3, 0.4) is 0 Å². The fourth-order valence-electron chi connectivity index (χ4n) is 3.13. The standard InChI is InChI=1S/C23H26N2O4/c1-16(23(28)29-2)14-25(15-17-7-4-3-5-8-17)22(27)19-9-6-10-20(13-19)24-21(26)18-11-12-18/h3-10,13,16,18H,11-12,14-15H2,1-2H3,(H,24,26). The molecule has 0 bridgehead atoms. The van der Waals surface area contributed by atoms with Crippen molar-refractivity contribution in [2.45, 2.75) is 26.3 Å². The molecule has 0 aliphatic heterocycles. The van der Waals surface area contributed by atoms with Crippen LogP contribution in [0.25, 0.3) is 0 Å². The van der Waals surface area contributed by atoms with E-state index >= 15 is 0 Å². The van der Waals surface area contributed by atoms with Crippen molar-refractivity contribution in [3.63, 3.8) is 0 Å². The van der Waals surface area contributed by atoms with Crippen LogP contribution in [0, 0.1) is 11.8 Å². The van der Waals surface area contributed by atoms with Gasteiger partial charge in [0.25, 0.3) is 5.91 Å². The van der Waals surface area contributed by atoms with Gasteiger partial charge in [0.05, 0.1) is 13.0 Å². The molecule has 3 rings (SSSR count). The smallest absolute Gasteiger partial charge is 0.310 e. The van der Waals surface area contributed by atoms with Crippen LogP contribution in [0.1, 0.15) is 35.7 Å². The van der Waals surface area contributed by atoms with E-state index in [1.54, 1.807) is 36.1 Å². The van der Waals surface area contributed by atoms with E-state index < -0.39 is 5.92 Å². The van der Waals surface area contributed by atoms with Crippen LogP contribution >= 0.6 is 0 Å². The fourth-order valence-corrected chi connectivity index (χ4v) is 3.13. The third-order valence-electron chi connectivity index (χ3n) is 4.93. The van der Waals surface area contributed by atoms with Gasteiger partial charge < -0.3 is 15.0 Å². The molecule has 1 aliphatic carbocycles. The molecule has 0 saturated heterocycles. The number of hydrogen-bond acceptors (Lipinski definition) is 4. The highest BCUT2D eigenvalue weighted by atomic mass is 16.5. The molecular formula is C23H26N2O4. The van der Waals surface area contributed by atoms with E-state index in [4.69, 9.17) is 4.74 Å². The second kappa shape index (κ2) is 9.37. The normalized spacial score (nSPS) is 14.0. The van der Waals surface area contributed by atoms with Crippen molar-refractivity contribution in [3.8, 4) is 0 Å². The van der Waals surface area contributed by atoms with E-state index in [1.165, 1.54) is 7.11 Å². The number of benzene rings is 2. The zero-order valence-corrected chi connectivity index (χ0v) is 16.8. The number of nitrogens with zero attached hydrogens (tertiary/aromatic N) is 1. The lowest BCUT2D eigenvalue weighted by Gasteiger charge is -2.25. The first-order valence-corrected chi connectivity index (χ1v) is 9.80. The van der Waals surface area contributed by atoms with Crippen molar-refractivity contribution >= 4 is 23.5 Å². The van der Waals surface area contributed by atoms with E-state index in [0.29, 0.717) is 17.8 Å². The van der Waals surface area contributed by atoms with Crippen molar-refractivity contribution in [2.75, 3.05) is 19.0 Å². The van der Waals surface area contributed by atoms with Gasteiger partial charge in [-0.15, -0.1) is 0 Å². The van der Waals surface area contributed by atoms with Crippen LogP contribution in [0.2, 0.25) is 0 Å². The summed E-state index contributed by atoms with van der Waals surface area (Å²) in [7, 11) is 1.34. The number of methoxy groups -OCH3 is 1. The van der Waals surface area contributed by atoms with E-state index in [-0.39, 0.29) is 30.2 Å². The van der Waals surface area contributed by atoms with E-state index in [1.807, 2.05) is 30.3 Å². The van der Waals surface area contributed by atoms with Crippen LogP contribution in [-0.2, 0) is 20.9 Å². The Balaban J connectivity index is 1.79. The Labute approximate surface area is 170 Å². The summed E-state index contributed by atoms with van der Waals surface area (Å²) in [5.41, 5.74) is 2.04. The van der Waals surface area contributed by atoms with E-state index in [0.717, 1.165) is 18.4 Å². The average Bonchev–Trinajstić information content (AvgIpc) is 3.58. The third kappa shape index (κ3) is 5.67. The number of amides is 2. The van der Waals surface area contributed by atoms with E-state index in [9.17, 15) is 14.4 Å². The minimum Gasteiger partial charge on any atom is -0.469 e. The Kier molecular flexibility index (Phi) is 6.65. The minimum absolute atomic E-state index is 0.00458. The topological polar surface area (TPSA) is 75.7 Å². The molecule has 152 valence electrons. The summed E-state index contributed by atoms with van der Waals surface area (Å²) in [6.07, 6.45) is 1.83. The van der Waals surface area contributed by atoms with Gasteiger partial charge in [0.1, 0.15) is 0 Å². The molecule has 0 aromatic heterocycles. The number of hydrogen-bond donors (Lipinski definition) is 1. The van der Waals surface area contributed by atoms with Crippen molar-refractivity contribution in [1.82, 2.24) is 4.90 Å². The molecule has 1 N–H and O–H groups in total. The van der Waals surface area contributed by atoms with Gasteiger partial charge in [0.15, 0.2) is 0 Å². The minimum atomic E-state index is -0.453. The van der Waals surface area contributed by atoms with Gasteiger partial charge in [0.2, 0.25) is 5.91 Å². The molecular weight excluding hydrogens is 368 g/mol. The molecule has 2 aromatic rings. The molecule has 1 atom stereocenters. The number of carbonyl (C=O) groups is 3. The number of carbonyl (C=O) groups excluding carboxylic acids is 3. The zero-order valence-electron chi connectivity index (χ0n) is 16.8. The SMILES string of the molecule is COC(=O)C(C)CN(Cc1ccccc1)C(=O)c1cccc(NC(=O)C2CC2)c1. The first kappa shape index (κ1) is 20.6. The van der Waals surface area contributed by atoms with Crippen molar-refractivity contribution in [3.05, 3.63) is 65.7 Å². The second-order valence-corrected chi connectivity index (χ2v) is 7.44. The Hall–Kier alpha value is -3.15. The van der Waals surface area contributed by atoms with Gasteiger partial charge in [-0.05, 0) is 36.6 Å². The highest BCUT2D eigenvalue weighted by Crippen LogP contribution is 2.30. The maximum Gasteiger partial charge on any atom is 0.310 e. The maximum absolute atomic E-state index is 13.2. The molecule has 0 spiro atoms. The average molecular weight is 394 g/mol. The molecule has 2 amide bonds. The van der Waals surface area contributed by atoms with Crippen LogP contribution in [-0.4, -0.2) is 36.3 Å². The van der Waals surface area contributed by atoms with Crippen LogP contribution in [0.15, 0.2) is 54.6 Å². The van der Waals surface area contributed by atoms with Gasteiger partial charge in [0, 0.05) is 30.3 Å². The predicted octanol–water partition coefficient (Wildman–Crippen LogP) is 3.49. The molecule has 0 heterocycles. The molecule has 1 aliphatic rings. The summed E-state index contributed by atoms with van der Waals surface area (Å²) in [5, 5.41) is 2.87. The third-order valence-corrected chi connectivity index (χ3v) is 4.93. The molecule has 2 aromatic carbocycles. The number of anilines is 1. The van der Waals surface area contributed by atoms with Crippen LogP contribution in [0.5, 0.6) is 0 Å². The molecule has 1 fully saturated rings. The lowest BCUT2D eigenvalue weighted by Crippen LogP contribution is -2.37. The quantitative estimate of drug-likeness (QED) is 0.696. The van der Waals surface area contributed by atoms with Crippen molar-refractivity contribution in [2.24, 2.45) is 11.8 Å². The van der Waals surface area contributed by atoms with Crippen molar-refractivity contribution < 1.29 is 19.1 Å². The Morgan fingerprint density at radius 3 is 2.48 bits per heavy atom. The van der Waals surface area contributed by atoms with Crippen molar-refractivity contribution in [1.29, 1.82) is 0 Å². The van der Waals surface area contributed by atoms with Crippen LogP contribution in [0.4, 0.5) is 5.69 Å². The van der Waals surface area contributed by atoms with Crippen LogP contribution < -0.4 is 5.32 Å². The van der Waals surface area contributed by atoms with Gasteiger partial charge in [-0.2, -0.15) is 0 Å². The number of esters is 1. The maximum atomic E-state index is 13.2. The zero-order chi connectivity index (χ0) is 20.8. The van der Waals surface area contributed by atoms with Gasteiger partial charge >= 0.3 is 5.97 Å². The van der Waals surface area contributed by atoms with E-state index in [2.05, 4.69) is 5.32 Å². The molecule has 6 heteroatoms. The first-order chi connectivity index (χ1) is 14.0. The summed E-state index contributed by atoms with van der Waals surface area (Å²) in [6, 6.07) is 16.5. The number of ether oxygens (including phenoxy) is 1. The van der Waals surface area contributed by atoms with Gasteiger partial charge in [-0.25, -0.2) is 0 Å². The fraction of sp³-hybridized carbons (Fsp3) is 0.348. The Bertz CT molecular complexity index is 877. The lowest BCUT2D eigenvalue weighted by molar-refractivity contribution is -0.145. The largest absolute Gasteiger partial charge is 0.469 e. The first-order valence-electron chi connectivity index (χ1n) is 9.80. The summed E-state index contributed by atoms with van der Waals surface area (Å²) in [6.45, 7) is 2.35. The second-order valence-electron chi connectivity index (χ2n) is 7.44. The highest BCUT2D eigenvalue weighted by molar-refractivity contribution is 5.98. The summed E-state index contributed by atoms with van der Waals surface area (Å²) in [5.74, 6) is -0.932. The molecule has 0 radical (unpaired) electrons. The highest BCUT2D eigenvalue weighted by Gasteiger charge is 2.29. The Morgan fingerprint density at radius 1 is 1.10 bits per heavy atom. The molecule has 6 nitrogen and oxygen atoms in total. The monoisotopic (exact) mass is 394 g/mol. The molecule has 1 saturated carbocycles. The predicted molar refractivity (Wildman–Crippen MR) is 110 cm³/mol. The number of nitrogens with one attached hydrogen (secondary N) is 1. The summed E-state index contributed by atoms with van der Waals surface area (Å²) < 4.78 is 4.82. The number of rotatable bonds is 8. The molecule has 1 unspecified atom stereocenters. The summed E-state index contributed by atoms with van der Waals surface area (Å²) >= 11 is 0. The summed E-state index contributed by atoms with van der Waals surface area (Å²) in [4.78, 5) is 38.8. The van der Waals surface area contributed by atoms with Gasteiger partial charge in [-0.3, -0.25) is 14.4 Å². The Morgan fingerprint density at radius 2 is 1.83 bits per heavy atom.